The van der Waals surface area contributed by atoms with Crippen LogP contribution >= 0.6 is 34.3 Å². The van der Waals surface area contributed by atoms with E-state index in [1.54, 1.807) is 22.7 Å². The number of aliphatic imine (C=N–C) groups is 1. The molecule has 0 unspecified atom stereocenters. The van der Waals surface area contributed by atoms with Gasteiger partial charge in [0.2, 0.25) is 0 Å². The highest BCUT2D eigenvalue weighted by Gasteiger charge is 2.18. The summed E-state index contributed by atoms with van der Waals surface area (Å²) >= 11 is 9.45. The summed E-state index contributed by atoms with van der Waals surface area (Å²) in [6.45, 7) is 0. The lowest BCUT2D eigenvalue weighted by molar-refractivity contribution is 1.03. The summed E-state index contributed by atoms with van der Waals surface area (Å²) in [5.41, 5.74) is 5.77. The Bertz CT molecular complexity index is 865. The van der Waals surface area contributed by atoms with E-state index in [4.69, 9.17) is 16.6 Å². The topological polar surface area (TPSA) is 36.8 Å². The van der Waals surface area contributed by atoms with Crippen LogP contribution in [0, 0.1) is 0 Å². The number of benzene rings is 1. The van der Waals surface area contributed by atoms with Crippen molar-refractivity contribution >= 4 is 51.5 Å². The van der Waals surface area contributed by atoms with E-state index in [-0.39, 0.29) is 0 Å². The third-order valence-corrected chi connectivity index (χ3v) is 5.22. The molecule has 22 heavy (non-hydrogen) atoms. The van der Waals surface area contributed by atoms with Gasteiger partial charge in [-0.3, -0.25) is 5.43 Å². The molecule has 1 aromatic carbocycles. The lowest BCUT2D eigenvalue weighted by Crippen LogP contribution is -2.18. The van der Waals surface area contributed by atoms with E-state index < -0.39 is 0 Å². The van der Waals surface area contributed by atoms with Crippen molar-refractivity contribution in [3.05, 3.63) is 73.6 Å². The Morgan fingerprint density at radius 2 is 1.73 bits per heavy atom. The first kappa shape index (κ1) is 13.7. The quantitative estimate of drug-likeness (QED) is 0.706. The van der Waals surface area contributed by atoms with E-state index in [9.17, 15) is 0 Å². The summed E-state index contributed by atoms with van der Waals surface area (Å²) in [5.74, 6) is 0.755. The van der Waals surface area contributed by atoms with Crippen LogP contribution in [0.5, 0.6) is 0 Å². The average molecular weight is 344 g/mol. The van der Waals surface area contributed by atoms with Crippen molar-refractivity contribution in [2.24, 2.45) is 10.1 Å². The van der Waals surface area contributed by atoms with Gasteiger partial charge in [0.1, 0.15) is 5.71 Å². The van der Waals surface area contributed by atoms with Gasteiger partial charge in [0, 0.05) is 10.6 Å². The summed E-state index contributed by atoms with van der Waals surface area (Å²) < 4.78 is 0. The summed E-state index contributed by atoms with van der Waals surface area (Å²) in [4.78, 5) is 6.87. The average Bonchev–Trinajstić information content (AvgIpc) is 3.19. The van der Waals surface area contributed by atoms with E-state index in [2.05, 4.69) is 10.5 Å². The number of rotatable bonds is 2. The van der Waals surface area contributed by atoms with Gasteiger partial charge >= 0.3 is 0 Å². The highest BCUT2D eigenvalue weighted by atomic mass is 35.5. The summed E-state index contributed by atoms with van der Waals surface area (Å²) in [7, 11) is 0. The number of amidine groups is 1. The van der Waals surface area contributed by atoms with E-state index in [1.165, 1.54) is 0 Å². The second kappa shape index (κ2) is 5.68. The molecule has 1 aliphatic heterocycles. The lowest BCUT2D eigenvalue weighted by Gasteiger charge is -2.05. The maximum absolute atomic E-state index is 6.17. The molecular formula is C16H10ClN3S2. The Morgan fingerprint density at radius 1 is 0.955 bits per heavy atom. The smallest absolute Gasteiger partial charge is 0.164 e. The Kier molecular flexibility index (Phi) is 3.54. The zero-order valence-corrected chi connectivity index (χ0v) is 13.7. The highest BCUT2D eigenvalue weighted by Crippen LogP contribution is 2.30. The van der Waals surface area contributed by atoms with Gasteiger partial charge < -0.3 is 0 Å². The van der Waals surface area contributed by atoms with Crippen LogP contribution < -0.4 is 5.43 Å². The SMILES string of the molecule is Clc1ccc2c(c1)C(c1cccs1)=NNC(c1cccs1)=N2. The van der Waals surface area contributed by atoms with E-state index in [1.807, 2.05) is 53.2 Å². The van der Waals surface area contributed by atoms with Crippen LogP contribution in [-0.2, 0) is 0 Å². The van der Waals surface area contributed by atoms with Gasteiger partial charge in [0.05, 0.1) is 15.4 Å². The molecular weight excluding hydrogens is 334 g/mol. The second-order valence-corrected chi connectivity index (χ2v) is 6.98. The molecule has 6 heteroatoms. The fraction of sp³-hybridized carbons (Fsp3) is 0. The van der Waals surface area contributed by atoms with Gasteiger partial charge in [-0.15, -0.1) is 22.7 Å². The Labute approximate surface area is 140 Å². The van der Waals surface area contributed by atoms with Gasteiger partial charge in [0.15, 0.2) is 5.84 Å². The lowest BCUT2D eigenvalue weighted by atomic mass is 10.1. The molecule has 2 aromatic heterocycles. The number of nitrogens with zero attached hydrogens (tertiary/aromatic N) is 2. The van der Waals surface area contributed by atoms with Crippen LogP contribution in [0.2, 0.25) is 5.02 Å². The molecule has 3 nitrogen and oxygen atoms in total. The molecule has 0 aliphatic carbocycles. The number of hydrogen-bond acceptors (Lipinski definition) is 5. The molecule has 1 aliphatic rings. The predicted octanol–water partition coefficient (Wildman–Crippen LogP) is 4.90. The molecule has 0 saturated carbocycles. The van der Waals surface area contributed by atoms with Crippen molar-refractivity contribution in [3.63, 3.8) is 0 Å². The Balaban J connectivity index is 1.90. The summed E-state index contributed by atoms with van der Waals surface area (Å²) in [5, 5.41) is 9.32. The summed E-state index contributed by atoms with van der Waals surface area (Å²) in [6.07, 6.45) is 0. The van der Waals surface area contributed by atoms with Crippen LogP contribution in [0.15, 0.2) is 63.3 Å². The first-order valence-electron chi connectivity index (χ1n) is 6.61. The van der Waals surface area contributed by atoms with Crippen LogP contribution in [0.25, 0.3) is 0 Å². The van der Waals surface area contributed by atoms with Crippen molar-refractivity contribution < 1.29 is 0 Å². The van der Waals surface area contributed by atoms with Gasteiger partial charge in [-0.1, -0.05) is 23.7 Å². The van der Waals surface area contributed by atoms with Crippen LogP contribution in [-0.4, -0.2) is 11.5 Å². The molecule has 0 spiro atoms. The zero-order valence-electron chi connectivity index (χ0n) is 11.3. The van der Waals surface area contributed by atoms with Crippen molar-refractivity contribution in [1.82, 2.24) is 5.43 Å². The normalized spacial score (nSPS) is 13.7. The van der Waals surface area contributed by atoms with Crippen molar-refractivity contribution in [2.75, 3.05) is 0 Å². The number of fused-ring (bicyclic) bond motifs is 1. The number of nitrogens with one attached hydrogen (secondary N) is 1. The Hall–Kier alpha value is -1.95. The zero-order chi connectivity index (χ0) is 14.9. The number of thiophene rings is 2. The van der Waals surface area contributed by atoms with E-state index in [0.29, 0.717) is 5.02 Å². The van der Waals surface area contributed by atoms with Crippen LogP contribution in [0.4, 0.5) is 5.69 Å². The van der Waals surface area contributed by atoms with Gasteiger partial charge in [-0.05, 0) is 41.1 Å². The van der Waals surface area contributed by atoms with Crippen molar-refractivity contribution in [3.8, 4) is 0 Å². The molecule has 0 atom stereocenters. The highest BCUT2D eigenvalue weighted by molar-refractivity contribution is 7.12. The molecule has 0 fully saturated rings. The predicted molar refractivity (Wildman–Crippen MR) is 95.1 cm³/mol. The third-order valence-electron chi connectivity index (χ3n) is 3.23. The molecule has 3 heterocycles. The van der Waals surface area contributed by atoms with E-state index >= 15 is 0 Å². The molecule has 0 saturated heterocycles. The maximum Gasteiger partial charge on any atom is 0.164 e. The standard InChI is InChI=1S/C16H10ClN3S2/c17-10-5-6-12-11(9-10)15(13-3-1-7-21-13)19-20-16(18-12)14-4-2-8-22-14/h1-9H,(H,18,20). The van der Waals surface area contributed by atoms with Crippen molar-refractivity contribution in [1.29, 1.82) is 0 Å². The van der Waals surface area contributed by atoms with Crippen molar-refractivity contribution in [2.45, 2.75) is 0 Å². The number of halogens is 1. The molecule has 0 bridgehead atoms. The van der Waals surface area contributed by atoms with Gasteiger partial charge in [0.25, 0.3) is 0 Å². The number of hydrogen-bond donors (Lipinski definition) is 1. The van der Waals surface area contributed by atoms with Crippen LogP contribution in [0.3, 0.4) is 0 Å². The minimum Gasteiger partial charge on any atom is -0.260 e. The first-order valence-corrected chi connectivity index (χ1v) is 8.75. The minimum atomic E-state index is 0.678. The van der Waals surface area contributed by atoms with E-state index in [0.717, 1.165) is 32.6 Å². The molecule has 0 radical (unpaired) electrons. The molecule has 4 rings (SSSR count). The fourth-order valence-corrected chi connectivity index (χ4v) is 3.80. The Morgan fingerprint density at radius 3 is 2.45 bits per heavy atom. The number of hydrazone groups is 1. The third kappa shape index (κ3) is 2.47. The second-order valence-electron chi connectivity index (χ2n) is 4.65. The molecule has 108 valence electrons. The molecule has 3 aromatic rings. The monoisotopic (exact) mass is 343 g/mol. The molecule has 1 N–H and O–H groups in total. The maximum atomic E-state index is 6.17. The summed E-state index contributed by atoms with van der Waals surface area (Å²) in [6, 6.07) is 13.8. The molecule has 0 amide bonds. The fourth-order valence-electron chi connectivity index (χ4n) is 2.23. The van der Waals surface area contributed by atoms with Gasteiger partial charge in [-0.2, -0.15) is 5.10 Å². The van der Waals surface area contributed by atoms with Gasteiger partial charge in [-0.25, -0.2) is 4.99 Å². The minimum absolute atomic E-state index is 0.678. The largest absolute Gasteiger partial charge is 0.260 e. The first-order chi connectivity index (χ1) is 10.8. The van der Waals surface area contributed by atoms with Crippen LogP contribution in [0.1, 0.15) is 15.3 Å².